The van der Waals surface area contributed by atoms with Crippen molar-refractivity contribution in [3.8, 4) is 0 Å². The van der Waals surface area contributed by atoms with Gasteiger partial charge in [-0.15, -0.1) is 11.3 Å². The van der Waals surface area contributed by atoms with E-state index in [1.807, 2.05) is 0 Å². The normalized spacial score (nSPS) is 17.9. The molecule has 15 heteroatoms. The number of nitrogens with two attached hydrogens (primary N) is 1. The Morgan fingerprint density at radius 2 is 2.00 bits per heavy atom. The van der Waals surface area contributed by atoms with Gasteiger partial charge in [-0.3, -0.25) is 9.59 Å². The molecule has 4 rings (SSSR count). The smallest absolute Gasteiger partial charge is 0.325 e. The van der Waals surface area contributed by atoms with E-state index in [0.717, 1.165) is 27.0 Å². The lowest BCUT2D eigenvalue weighted by Gasteiger charge is -2.20. The fourth-order valence-electron chi connectivity index (χ4n) is 3.63. The van der Waals surface area contributed by atoms with Crippen LogP contribution in [0.2, 0.25) is 0 Å². The van der Waals surface area contributed by atoms with Crippen LogP contribution in [0.25, 0.3) is 10.2 Å². The molecule has 1 saturated heterocycles. The zero-order valence-electron chi connectivity index (χ0n) is 17.8. The third-order valence-electron chi connectivity index (χ3n) is 5.25. The van der Waals surface area contributed by atoms with E-state index in [2.05, 4.69) is 4.99 Å². The topological polar surface area (TPSA) is 158 Å². The number of fused-ring (bicyclic) bond motifs is 1. The Morgan fingerprint density at radius 1 is 1.24 bits per heavy atom. The first kappa shape index (κ1) is 24.7. The van der Waals surface area contributed by atoms with Crippen molar-refractivity contribution in [1.82, 2.24) is 8.87 Å². The maximum Gasteiger partial charge on any atom is 0.325 e. The number of nitrogens with zero attached hydrogens (tertiary/aromatic N) is 3. The highest BCUT2D eigenvalue weighted by Gasteiger charge is 2.40. The van der Waals surface area contributed by atoms with E-state index in [4.69, 9.17) is 9.88 Å². The van der Waals surface area contributed by atoms with E-state index in [-0.39, 0.29) is 27.0 Å². The molecule has 1 unspecified atom stereocenters. The summed E-state index contributed by atoms with van der Waals surface area (Å²) in [6, 6.07) is 6.20. The van der Waals surface area contributed by atoms with Gasteiger partial charge >= 0.3 is 5.97 Å². The highest BCUT2D eigenvalue weighted by atomic mass is 32.2. The number of primary sulfonamides is 1. The second-order valence-corrected chi connectivity index (χ2v) is 13.0. The standard InChI is InChI=1S/C19H20N4O7S4/c1-30-16(24)11-22-13-7-6-12(33(20,26)27)10-15(13)32-19(22)21-18(25)14-4-2-8-23(14)34(28,29)17-5-3-9-31-17/h3,5-7,9-10,14H,2,4,8,11H2,1H3,(H2,20,26,27). The number of esters is 1. The lowest BCUT2D eigenvalue weighted by Crippen LogP contribution is -2.40. The molecule has 0 spiro atoms. The number of thiazole rings is 1. The number of rotatable bonds is 6. The summed E-state index contributed by atoms with van der Waals surface area (Å²) in [5, 5.41) is 6.86. The molecule has 0 radical (unpaired) electrons. The molecule has 1 aliphatic heterocycles. The summed E-state index contributed by atoms with van der Waals surface area (Å²) in [4.78, 5) is 29.3. The maximum absolute atomic E-state index is 13.1. The molecule has 0 saturated carbocycles. The van der Waals surface area contributed by atoms with Crippen molar-refractivity contribution in [3.63, 3.8) is 0 Å². The number of hydrogen-bond donors (Lipinski definition) is 1. The molecular formula is C19H20N4O7S4. The Kier molecular flexibility index (Phi) is 6.76. The van der Waals surface area contributed by atoms with E-state index >= 15 is 0 Å². The Hall–Kier alpha value is -2.43. The van der Waals surface area contributed by atoms with Gasteiger partial charge in [0.2, 0.25) is 10.0 Å². The third-order valence-corrected chi connectivity index (χ3v) is 10.5. The van der Waals surface area contributed by atoms with E-state index in [1.54, 1.807) is 11.4 Å². The first-order chi connectivity index (χ1) is 16.0. The fourth-order valence-corrected chi connectivity index (χ4v) is 8.09. The van der Waals surface area contributed by atoms with Crippen LogP contribution in [0.15, 0.2) is 49.8 Å². The number of hydrogen-bond acceptors (Lipinski definition) is 9. The van der Waals surface area contributed by atoms with E-state index in [9.17, 15) is 26.4 Å². The monoisotopic (exact) mass is 544 g/mol. The third kappa shape index (κ3) is 4.71. The van der Waals surface area contributed by atoms with Gasteiger partial charge in [0.1, 0.15) is 16.8 Å². The molecule has 1 aliphatic rings. The predicted octanol–water partition coefficient (Wildman–Crippen LogP) is 0.865. The first-order valence-corrected chi connectivity index (χ1v) is 14.6. The minimum atomic E-state index is -3.97. The van der Waals surface area contributed by atoms with Crippen LogP contribution in [0.1, 0.15) is 12.8 Å². The molecule has 1 amide bonds. The Morgan fingerprint density at radius 3 is 2.65 bits per heavy atom. The summed E-state index contributed by atoms with van der Waals surface area (Å²) in [6.07, 6.45) is 0.813. The number of carbonyl (C=O) groups is 2. The minimum absolute atomic E-state index is 0.109. The zero-order chi connectivity index (χ0) is 24.7. The number of aromatic nitrogens is 1. The quantitative estimate of drug-likeness (QED) is 0.451. The van der Waals surface area contributed by atoms with Crippen LogP contribution in [0.3, 0.4) is 0 Å². The molecule has 1 atom stereocenters. The number of thiophene rings is 1. The molecule has 2 N–H and O–H groups in total. The van der Waals surface area contributed by atoms with Gasteiger partial charge in [0.25, 0.3) is 15.9 Å². The number of benzene rings is 1. The van der Waals surface area contributed by atoms with Crippen molar-refractivity contribution in [1.29, 1.82) is 0 Å². The fraction of sp³-hybridized carbons (Fsp3) is 0.316. The number of carbonyl (C=O) groups excluding carboxylic acids is 2. The highest BCUT2D eigenvalue weighted by Crippen LogP contribution is 2.29. The molecule has 11 nitrogen and oxygen atoms in total. The highest BCUT2D eigenvalue weighted by molar-refractivity contribution is 7.91. The van der Waals surface area contributed by atoms with Gasteiger partial charge in [-0.1, -0.05) is 17.4 Å². The summed E-state index contributed by atoms with van der Waals surface area (Å²) in [6.45, 7) is -0.0856. The van der Waals surface area contributed by atoms with Crippen LogP contribution in [0.5, 0.6) is 0 Å². The summed E-state index contributed by atoms with van der Waals surface area (Å²) in [5.74, 6) is -1.28. The molecule has 2 aromatic heterocycles. The summed E-state index contributed by atoms with van der Waals surface area (Å²) in [5.41, 5.74) is 0.448. The van der Waals surface area contributed by atoms with Crippen molar-refractivity contribution >= 4 is 64.8 Å². The van der Waals surface area contributed by atoms with Crippen molar-refractivity contribution in [2.45, 2.75) is 34.5 Å². The molecule has 0 aliphatic carbocycles. The Balaban J connectivity index is 1.79. The number of ether oxygens (including phenoxy) is 1. The first-order valence-electron chi connectivity index (χ1n) is 9.89. The second kappa shape index (κ2) is 9.31. The van der Waals surface area contributed by atoms with Crippen LogP contribution < -0.4 is 9.94 Å². The van der Waals surface area contributed by atoms with Gasteiger partial charge in [0.15, 0.2) is 4.80 Å². The van der Waals surface area contributed by atoms with E-state index < -0.39 is 38.0 Å². The van der Waals surface area contributed by atoms with Gasteiger partial charge < -0.3 is 9.30 Å². The number of methoxy groups -OCH3 is 1. The SMILES string of the molecule is COC(=O)Cn1c(=NC(=O)C2CCCN2S(=O)(=O)c2cccs2)sc2cc(S(N)(=O)=O)ccc21. The number of sulfonamides is 2. The van der Waals surface area contributed by atoms with Crippen molar-refractivity contribution < 1.29 is 31.2 Å². The molecule has 34 heavy (non-hydrogen) atoms. The average molecular weight is 545 g/mol. The van der Waals surface area contributed by atoms with Crippen LogP contribution in [0.4, 0.5) is 0 Å². The summed E-state index contributed by atoms with van der Waals surface area (Å²) >= 11 is 2.05. The summed E-state index contributed by atoms with van der Waals surface area (Å²) in [7, 11) is -6.61. The lowest BCUT2D eigenvalue weighted by atomic mass is 10.2. The van der Waals surface area contributed by atoms with Gasteiger partial charge in [-0.2, -0.15) is 9.30 Å². The Bertz CT molecular complexity index is 1540. The lowest BCUT2D eigenvalue weighted by molar-refractivity contribution is -0.141. The second-order valence-electron chi connectivity index (χ2n) is 7.38. The molecule has 3 heterocycles. The van der Waals surface area contributed by atoms with Crippen LogP contribution in [-0.2, 0) is 40.9 Å². The van der Waals surface area contributed by atoms with Crippen molar-refractivity contribution in [3.05, 3.63) is 40.5 Å². The molecule has 3 aromatic rings. The molecule has 1 aromatic carbocycles. The predicted molar refractivity (Wildman–Crippen MR) is 125 cm³/mol. The largest absolute Gasteiger partial charge is 0.468 e. The average Bonchev–Trinajstić information content (AvgIpc) is 3.53. The zero-order valence-corrected chi connectivity index (χ0v) is 21.0. The molecule has 1 fully saturated rings. The van der Waals surface area contributed by atoms with Crippen LogP contribution in [-0.4, -0.2) is 57.3 Å². The van der Waals surface area contributed by atoms with Gasteiger partial charge in [0.05, 0.1) is 22.2 Å². The number of amides is 1. The van der Waals surface area contributed by atoms with Crippen molar-refractivity contribution in [2.75, 3.05) is 13.7 Å². The van der Waals surface area contributed by atoms with E-state index in [1.165, 1.54) is 35.9 Å². The minimum Gasteiger partial charge on any atom is -0.468 e. The van der Waals surface area contributed by atoms with Gasteiger partial charge in [-0.25, -0.2) is 22.0 Å². The van der Waals surface area contributed by atoms with Crippen LogP contribution in [0, 0.1) is 0 Å². The van der Waals surface area contributed by atoms with E-state index in [0.29, 0.717) is 23.1 Å². The Labute approximate surface area is 203 Å². The van der Waals surface area contributed by atoms with Crippen LogP contribution >= 0.6 is 22.7 Å². The molecule has 182 valence electrons. The van der Waals surface area contributed by atoms with Gasteiger partial charge in [-0.05, 0) is 42.5 Å². The maximum atomic E-state index is 13.1. The van der Waals surface area contributed by atoms with Crippen molar-refractivity contribution in [2.24, 2.45) is 10.1 Å². The molecular weight excluding hydrogens is 524 g/mol. The van der Waals surface area contributed by atoms with Gasteiger partial charge in [0, 0.05) is 6.54 Å². The molecule has 0 bridgehead atoms. The summed E-state index contributed by atoms with van der Waals surface area (Å²) < 4.78 is 57.3.